The number of imidazole rings is 1. The minimum atomic E-state index is -0.423. The van der Waals surface area contributed by atoms with Crippen molar-refractivity contribution in [2.45, 2.75) is 39.3 Å². The van der Waals surface area contributed by atoms with E-state index in [1.54, 1.807) is 6.20 Å². The first-order chi connectivity index (χ1) is 10.2. The van der Waals surface area contributed by atoms with Crippen molar-refractivity contribution < 1.29 is 8.78 Å². The van der Waals surface area contributed by atoms with Gasteiger partial charge in [-0.2, -0.15) is 0 Å². The molecule has 3 nitrogen and oxygen atoms in total. The highest BCUT2D eigenvalue weighted by atomic mass is 19.1. The number of benzene rings is 1. The van der Waals surface area contributed by atoms with E-state index < -0.39 is 5.82 Å². The Morgan fingerprint density at radius 3 is 2.81 bits per heavy atom. The molecule has 21 heavy (non-hydrogen) atoms. The maximum Gasteiger partial charge on any atom is 0.128 e. The molecule has 0 saturated heterocycles. The van der Waals surface area contributed by atoms with Gasteiger partial charge < -0.3 is 9.88 Å². The third-order valence-electron chi connectivity index (χ3n) is 3.50. The van der Waals surface area contributed by atoms with Crippen LogP contribution < -0.4 is 5.32 Å². The first-order valence-corrected chi connectivity index (χ1v) is 7.34. The molecule has 0 saturated carbocycles. The van der Waals surface area contributed by atoms with Gasteiger partial charge in [-0.25, -0.2) is 13.8 Å². The highest BCUT2D eigenvalue weighted by molar-refractivity contribution is 5.23. The molecule has 2 rings (SSSR count). The van der Waals surface area contributed by atoms with Gasteiger partial charge in [0.2, 0.25) is 0 Å². The van der Waals surface area contributed by atoms with E-state index in [1.165, 1.54) is 12.1 Å². The van der Waals surface area contributed by atoms with Crippen LogP contribution in [0.15, 0.2) is 30.6 Å². The van der Waals surface area contributed by atoms with Gasteiger partial charge in [-0.1, -0.05) is 6.92 Å². The number of hydrogen-bond acceptors (Lipinski definition) is 2. The van der Waals surface area contributed by atoms with Gasteiger partial charge in [-0.05, 0) is 38.1 Å². The lowest BCUT2D eigenvalue weighted by atomic mass is 10.0. The molecule has 1 atom stereocenters. The molecular weight excluding hydrogens is 272 g/mol. The monoisotopic (exact) mass is 293 g/mol. The van der Waals surface area contributed by atoms with Gasteiger partial charge in [0.25, 0.3) is 0 Å². The van der Waals surface area contributed by atoms with E-state index in [-0.39, 0.29) is 11.9 Å². The van der Waals surface area contributed by atoms with Crippen LogP contribution >= 0.6 is 0 Å². The van der Waals surface area contributed by atoms with E-state index in [1.807, 2.05) is 24.6 Å². The molecule has 1 aromatic heterocycles. The number of halogens is 2. The van der Waals surface area contributed by atoms with Crippen LogP contribution in [0.4, 0.5) is 8.78 Å². The second kappa shape index (κ2) is 7.31. The zero-order valence-electron chi connectivity index (χ0n) is 12.4. The average molecular weight is 293 g/mol. The smallest absolute Gasteiger partial charge is 0.128 e. The summed E-state index contributed by atoms with van der Waals surface area (Å²) in [6, 6.07) is 3.30. The lowest BCUT2D eigenvalue weighted by Crippen LogP contribution is -2.26. The Kier molecular flexibility index (Phi) is 5.44. The molecule has 1 heterocycles. The molecule has 1 aromatic carbocycles. The lowest BCUT2D eigenvalue weighted by Gasteiger charge is -2.20. The molecule has 0 radical (unpaired) electrons. The van der Waals surface area contributed by atoms with E-state index in [9.17, 15) is 8.78 Å². The number of hydrogen-bond donors (Lipinski definition) is 1. The first-order valence-electron chi connectivity index (χ1n) is 7.34. The van der Waals surface area contributed by atoms with Crippen LogP contribution in [0.2, 0.25) is 0 Å². The largest absolute Gasteiger partial charge is 0.335 e. The van der Waals surface area contributed by atoms with Crippen molar-refractivity contribution in [1.82, 2.24) is 14.9 Å². The van der Waals surface area contributed by atoms with Gasteiger partial charge in [-0.3, -0.25) is 0 Å². The van der Waals surface area contributed by atoms with E-state index in [4.69, 9.17) is 0 Å². The number of aryl methyl sites for hydroxylation is 1. The topological polar surface area (TPSA) is 29.9 Å². The Morgan fingerprint density at radius 2 is 2.10 bits per heavy atom. The van der Waals surface area contributed by atoms with Crippen molar-refractivity contribution in [3.8, 4) is 0 Å². The molecule has 5 heteroatoms. The predicted octanol–water partition coefficient (Wildman–Crippen LogP) is 3.46. The summed E-state index contributed by atoms with van der Waals surface area (Å²) in [5, 5.41) is 3.28. The SMILES string of the molecule is CCCNC(Cc1nccn1CC)c1cc(F)ccc1F. The summed E-state index contributed by atoms with van der Waals surface area (Å²) in [6.07, 6.45) is 5.09. The Balaban J connectivity index is 2.27. The summed E-state index contributed by atoms with van der Waals surface area (Å²) >= 11 is 0. The fourth-order valence-corrected chi connectivity index (χ4v) is 2.39. The summed E-state index contributed by atoms with van der Waals surface area (Å²) in [6.45, 7) is 5.62. The average Bonchev–Trinajstić information content (AvgIpc) is 2.93. The van der Waals surface area contributed by atoms with Crippen LogP contribution in [0.1, 0.15) is 37.7 Å². The summed E-state index contributed by atoms with van der Waals surface area (Å²) in [5.41, 5.74) is 0.356. The minimum Gasteiger partial charge on any atom is -0.335 e. The van der Waals surface area contributed by atoms with Crippen LogP contribution in [0, 0.1) is 11.6 Å². The Hall–Kier alpha value is -1.75. The van der Waals surface area contributed by atoms with Gasteiger partial charge in [-0.15, -0.1) is 0 Å². The van der Waals surface area contributed by atoms with Crippen molar-refractivity contribution in [3.05, 3.63) is 53.6 Å². The molecule has 1 N–H and O–H groups in total. The highest BCUT2D eigenvalue weighted by Crippen LogP contribution is 2.22. The minimum absolute atomic E-state index is 0.284. The van der Waals surface area contributed by atoms with Crippen molar-refractivity contribution in [3.63, 3.8) is 0 Å². The molecule has 0 aliphatic heterocycles. The number of nitrogens with one attached hydrogen (secondary N) is 1. The second-order valence-corrected chi connectivity index (χ2v) is 5.01. The molecule has 0 amide bonds. The summed E-state index contributed by atoms with van der Waals surface area (Å²) in [5.74, 6) is 0.0582. The van der Waals surface area contributed by atoms with Gasteiger partial charge in [0.05, 0.1) is 0 Å². The molecule has 0 aliphatic carbocycles. The van der Waals surface area contributed by atoms with Crippen molar-refractivity contribution >= 4 is 0 Å². The van der Waals surface area contributed by atoms with Gasteiger partial charge in [0, 0.05) is 37.0 Å². The normalized spacial score (nSPS) is 12.6. The molecule has 1 unspecified atom stereocenters. The number of nitrogens with zero attached hydrogens (tertiary/aromatic N) is 2. The number of rotatable bonds is 7. The van der Waals surface area contributed by atoms with E-state index in [2.05, 4.69) is 10.3 Å². The van der Waals surface area contributed by atoms with Crippen LogP contribution in [-0.2, 0) is 13.0 Å². The standard InChI is InChI=1S/C16H21F2N3/c1-3-7-19-15(11-16-20-8-9-21(16)4-2)13-10-12(17)5-6-14(13)18/h5-6,8-10,15,19H,3-4,7,11H2,1-2H3. The predicted molar refractivity (Wildman–Crippen MR) is 79.0 cm³/mol. The second-order valence-electron chi connectivity index (χ2n) is 5.01. The van der Waals surface area contributed by atoms with Crippen LogP contribution in [-0.4, -0.2) is 16.1 Å². The molecule has 0 bridgehead atoms. The van der Waals surface area contributed by atoms with Gasteiger partial charge >= 0.3 is 0 Å². The highest BCUT2D eigenvalue weighted by Gasteiger charge is 2.18. The van der Waals surface area contributed by atoms with Crippen molar-refractivity contribution in [2.24, 2.45) is 0 Å². The maximum absolute atomic E-state index is 14.0. The van der Waals surface area contributed by atoms with Gasteiger partial charge in [0.1, 0.15) is 17.5 Å². The zero-order valence-corrected chi connectivity index (χ0v) is 12.4. The molecule has 114 valence electrons. The summed E-state index contributed by atoms with van der Waals surface area (Å²) in [7, 11) is 0. The third kappa shape index (κ3) is 3.88. The molecule has 0 spiro atoms. The Morgan fingerprint density at radius 1 is 1.29 bits per heavy atom. The fraction of sp³-hybridized carbons (Fsp3) is 0.438. The summed E-state index contributed by atoms with van der Waals surface area (Å²) in [4.78, 5) is 4.32. The van der Waals surface area contributed by atoms with E-state index >= 15 is 0 Å². The first kappa shape index (κ1) is 15.6. The van der Waals surface area contributed by atoms with Crippen molar-refractivity contribution in [2.75, 3.05) is 6.54 Å². The molecule has 0 fully saturated rings. The van der Waals surface area contributed by atoms with Crippen molar-refractivity contribution in [1.29, 1.82) is 0 Å². The summed E-state index contributed by atoms with van der Waals surface area (Å²) < 4.78 is 29.5. The van der Waals surface area contributed by atoms with E-state index in [0.29, 0.717) is 12.0 Å². The van der Waals surface area contributed by atoms with Crippen LogP contribution in [0.5, 0.6) is 0 Å². The van der Waals surface area contributed by atoms with Gasteiger partial charge in [0.15, 0.2) is 0 Å². The van der Waals surface area contributed by atoms with E-state index in [0.717, 1.165) is 31.4 Å². The zero-order chi connectivity index (χ0) is 15.2. The lowest BCUT2D eigenvalue weighted by molar-refractivity contribution is 0.476. The number of aromatic nitrogens is 2. The maximum atomic E-state index is 14.0. The fourth-order valence-electron chi connectivity index (χ4n) is 2.39. The third-order valence-corrected chi connectivity index (χ3v) is 3.50. The molecule has 0 aliphatic rings. The molecule has 2 aromatic rings. The van der Waals surface area contributed by atoms with Crippen LogP contribution in [0.3, 0.4) is 0 Å². The van der Waals surface area contributed by atoms with Crippen LogP contribution in [0.25, 0.3) is 0 Å². The molecular formula is C16H21F2N3. The Labute approximate surface area is 124 Å². The Bertz CT molecular complexity index is 581. The quantitative estimate of drug-likeness (QED) is 0.847.